The highest BCUT2D eigenvalue weighted by Crippen LogP contribution is 2.25. The van der Waals surface area contributed by atoms with Crippen LogP contribution in [0.5, 0.6) is 0 Å². The Bertz CT molecular complexity index is 908. The molecule has 0 bridgehead atoms. The van der Waals surface area contributed by atoms with Crippen LogP contribution in [0, 0.1) is 0 Å². The summed E-state index contributed by atoms with van der Waals surface area (Å²) < 4.78 is 0. The van der Waals surface area contributed by atoms with Crippen LogP contribution < -0.4 is 0 Å². The smallest absolute Gasteiger partial charge is 0.336 e. The second-order valence-corrected chi connectivity index (χ2v) is 6.10. The van der Waals surface area contributed by atoms with Crippen LogP contribution in [0.4, 0.5) is 0 Å². The van der Waals surface area contributed by atoms with Gasteiger partial charge in [0.2, 0.25) is 0 Å². The fourth-order valence-corrected chi connectivity index (χ4v) is 3.11. The zero-order valence-electron chi connectivity index (χ0n) is 12.7. The maximum Gasteiger partial charge on any atom is 0.336 e. The molecule has 1 heterocycles. The zero-order chi connectivity index (χ0) is 16.9. The molecule has 0 aliphatic carbocycles. The van der Waals surface area contributed by atoms with Gasteiger partial charge >= 0.3 is 5.97 Å². The Kier molecular flexibility index (Phi) is 4.68. The van der Waals surface area contributed by atoms with Crippen molar-refractivity contribution in [1.82, 2.24) is 0 Å². The van der Waals surface area contributed by atoms with E-state index in [0.29, 0.717) is 0 Å². The molecule has 1 N–H and O–H groups in total. The first-order valence-corrected chi connectivity index (χ1v) is 8.22. The van der Waals surface area contributed by atoms with Gasteiger partial charge in [-0.1, -0.05) is 48.5 Å². The summed E-state index contributed by atoms with van der Waals surface area (Å²) in [5, 5.41) is 11.2. The lowest BCUT2D eigenvalue weighted by molar-refractivity contribution is 0.0693. The molecule has 118 valence electrons. The number of hydrogen-bond donors (Lipinski definition) is 1. The first kappa shape index (κ1) is 15.9. The van der Waals surface area contributed by atoms with Crippen molar-refractivity contribution in [3.63, 3.8) is 0 Å². The molecule has 0 amide bonds. The van der Waals surface area contributed by atoms with Crippen molar-refractivity contribution < 1.29 is 14.7 Å². The van der Waals surface area contributed by atoms with Crippen molar-refractivity contribution in [2.45, 2.75) is 0 Å². The van der Waals surface area contributed by atoms with Crippen molar-refractivity contribution >= 4 is 29.2 Å². The van der Waals surface area contributed by atoms with Crippen LogP contribution in [0.3, 0.4) is 0 Å². The number of carbonyl (C=O) groups excluding carboxylic acids is 1. The lowest BCUT2D eigenvalue weighted by Crippen LogP contribution is -2.06. The van der Waals surface area contributed by atoms with Gasteiger partial charge in [-0.05, 0) is 40.8 Å². The van der Waals surface area contributed by atoms with Gasteiger partial charge in [0.25, 0.3) is 0 Å². The van der Waals surface area contributed by atoms with E-state index in [1.807, 2.05) is 41.8 Å². The summed E-state index contributed by atoms with van der Waals surface area (Å²) in [4.78, 5) is 24.7. The minimum Gasteiger partial charge on any atom is -0.478 e. The molecule has 0 radical (unpaired) electrons. The van der Waals surface area contributed by atoms with Gasteiger partial charge in [0.15, 0.2) is 5.78 Å². The average molecular weight is 334 g/mol. The topological polar surface area (TPSA) is 54.4 Å². The van der Waals surface area contributed by atoms with E-state index in [-0.39, 0.29) is 16.9 Å². The summed E-state index contributed by atoms with van der Waals surface area (Å²) in [5.41, 5.74) is 2.18. The molecule has 3 rings (SSSR count). The molecule has 3 nitrogen and oxygen atoms in total. The van der Waals surface area contributed by atoms with E-state index >= 15 is 0 Å². The number of rotatable bonds is 5. The summed E-state index contributed by atoms with van der Waals surface area (Å²) in [6.45, 7) is 0. The molecule has 4 heteroatoms. The van der Waals surface area contributed by atoms with Crippen LogP contribution in [-0.4, -0.2) is 16.9 Å². The van der Waals surface area contributed by atoms with Crippen LogP contribution in [-0.2, 0) is 0 Å². The van der Waals surface area contributed by atoms with Gasteiger partial charge in [-0.25, -0.2) is 4.79 Å². The minimum atomic E-state index is -1.10. The summed E-state index contributed by atoms with van der Waals surface area (Å²) in [6, 6.07) is 18.1. The average Bonchev–Trinajstić information content (AvgIpc) is 3.14. The van der Waals surface area contributed by atoms with Gasteiger partial charge in [0.05, 0.1) is 5.56 Å². The largest absolute Gasteiger partial charge is 0.478 e. The van der Waals surface area contributed by atoms with E-state index in [0.717, 1.165) is 16.0 Å². The SMILES string of the molecule is O=C(O)c1ccccc1C(=O)C=Cc1cccc(-c2cccs2)c1. The number of ketones is 1. The van der Waals surface area contributed by atoms with Crippen molar-refractivity contribution in [3.8, 4) is 10.4 Å². The molecule has 0 saturated heterocycles. The van der Waals surface area contributed by atoms with Crippen LogP contribution in [0.1, 0.15) is 26.3 Å². The van der Waals surface area contributed by atoms with Crippen molar-refractivity contribution in [3.05, 3.63) is 88.8 Å². The number of benzene rings is 2. The van der Waals surface area contributed by atoms with Crippen molar-refractivity contribution in [2.24, 2.45) is 0 Å². The molecule has 24 heavy (non-hydrogen) atoms. The maximum absolute atomic E-state index is 12.3. The number of aromatic carboxylic acids is 1. The van der Waals surface area contributed by atoms with Gasteiger partial charge in [-0.2, -0.15) is 0 Å². The third-order valence-electron chi connectivity index (χ3n) is 3.54. The molecular formula is C20H14O3S. The summed E-state index contributed by atoms with van der Waals surface area (Å²) >= 11 is 1.65. The normalized spacial score (nSPS) is 10.8. The molecule has 0 aliphatic rings. The minimum absolute atomic E-state index is 0.0134. The molecule has 1 aromatic heterocycles. The Labute approximate surface area is 143 Å². The molecule has 3 aromatic rings. The van der Waals surface area contributed by atoms with E-state index < -0.39 is 5.97 Å². The van der Waals surface area contributed by atoms with E-state index in [2.05, 4.69) is 0 Å². The Morgan fingerprint density at radius 2 is 1.71 bits per heavy atom. The van der Waals surface area contributed by atoms with Crippen molar-refractivity contribution in [2.75, 3.05) is 0 Å². The molecule has 0 aliphatic heterocycles. The van der Waals surface area contributed by atoms with Crippen LogP contribution in [0.25, 0.3) is 16.5 Å². The molecule has 0 fully saturated rings. The molecule has 0 unspecified atom stereocenters. The highest BCUT2D eigenvalue weighted by molar-refractivity contribution is 7.13. The van der Waals surface area contributed by atoms with Gasteiger partial charge in [-0.15, -0.1) is 11.3 Å². The van der Waals surface area contributed by atoms with Crippen LogP contribution >= 0.6 is 11.3 Å². The van der Waals surface area contributed by atoms with Gasteiger partial charge in [0, 0.05) is 10.4 Å². The number of allylic oxidation sites excluding steroid dienone is 1. The second-order valence-electron chi connectivity index (χ2n) is 5.15. The molecule has 2 aromatic carbocycles. The van der Waals surface area contributed by atoms with Crippen LogP contribution in [0.15, 0.2) is 72.1 Å². The van der Waals surface area contributed by atoms with Gasteiger partial charge < -0.3 is 5.11 Å². The summed E-state index contributed by atoms with van der Waals surface area (Å²) in [6.07, 6.45) is 3.12. The molecule has 0 spiro atoms. The Balaban J connectivity index is 1.85. The quantitative estimate of drug-likeness (QED) is 0.527. The maximum atomic E-state index is 12.3. The van der Waals surface area contributed by atoms with E-state index in [1.165, 1.54) is 18.2 Å². The Hall–Kier alpha value is -2.98. The third kappa shape index (κ3) is 3.50. The number of carbonyl (C=O) groups is 2. The van der Waals surface area contributed by atoms with Crippen molar-refractivity contribution in [1.29, 1.82) is 0 Å². The fourth-order valence-electron chi connectivity index (χ4n) is 2.38. The standard InChI is InChI=1S/C20H14O3S/c21-18(16-7-1-2-8-17(16)20(22)23)11-10-14-5-3-6-15(13-14)19-9-4-12-24-19/h1-13H,(H,22,23). The lowest BCUT2D eigenvalue weighted by Gasteiger charge is -2.02. The van der Waals surface area contributed by atoms with E-state index in [1.54, 1.807) is 29.5 Å². The first-order chi connectivity index (χ1) is 11.6. The Morgan fingerprint density at radius 3 is 2.42 bits per heavy atom. The molecule has 0 saturated carbocycles. The number of thiophene rings is 1. The third-order valence-corrected chi connectivity index (χ3v) is 4.46. The lowest BCUT2D eigenvalue weighted by atomic mass is 10.0. The molecule has 0 atom stereocenters. The summed E-state index contributed by atoms with van der Waals surface area (Å²) in [7, 11) is 0. The molecular weight excluding hydrogens is 320 g/mol. The summed E-state index contributed by atoms with van der Waals surface area (Å²) in [5.74, 6) is -1.43. The van der Waals surface area contributed by atoms with Gasteiger partial charge in [-0.3, -0.25) is 4.79 Å². The second kappa shape index (κ2) is 7.06. The number of carboxylic acid groups (broad SMARTS) is 1. The number of hydrogen-bond acceptors (Lipinski definition) is 3. The highest BCUT2D eigenvalue weighted by atomic mass is 32.1. The fraction of sp³-hybridized carbons (Fsp3) is 0. The number of carboxylic acids is 1. The van der Waals surface area contributed by atoms with E-state index in [4.69, 9.17) is 5.11 Å². The monoisotopic (exact) mass is 334 g/mol. The Morgan fingerprint density at radius 1 is 0.917 bits per heavy atom. The first-order valence-electron chi connectivity index (χ1n) is 7.34. The predicted octanol–water partition coefficient (Wildman–Crippen LogP) is 5.01. The van der Waals surface area contributed by atoms with Gasteiger partial charge in [0.1, 0.15) is 0 Å². The van der Waals surface area contributed by atoms with Crippen LogP contribution in [0.2, 0.25) is 0 Å². The highest BCUT2D eigenvalue weighted by Gasteiger charge is 2.13. The zero-order valence-corrected chi connectivity index (χ0v) is 13.5. The predicted molar refractivity (Wildman–Crippen MR) is 96.5 cm³/mol. The van der Waals surface area contributed by atoms with E-state index in [9.17, 15) is 9.59 Å².